The van der Waals surface area contributed by atoms with Crippen LogP contribution in [0.3, 0.4) is 0 Å². The summed E-state index contributed by atoms with van der Waals surface area (Å²) >= 11 is 0. The van der Waals surface area contributed by atoms with Crippen LogP contribution in [0.15, 0.2) is 42.0 Å². The quantitative estimate of drug-likeness (QED) is 0.804. The fraction of sp³-hybridized carbons (Fsp3) is 0.333. The first-order chi connectivity index (χ1) is 12.2. The number of aromatic nitrogens is 2. The Morgan fingerprint density at radius 2 is 2.00 bits per heavy atom. The van der Waals surface area contributed by atoms with Crippen LogP contribution in [0.5, 0.6) is 0 Å². The lowest BCUT2D eigenvalue weighted by molar-refractivity contribution is -0.137. The molecule has 1 aliphatic heterocycles. The maximum atomic E-state index is 13.0. The average Bonchev–Trinajstić information content (AvgIpc) is 2.94. The first-order valence-electron chi connectivity index (χ1n) is 8.20. The summed E-state index contributed by atoms with van der Waals surface area (Å²) in [6.45, 7) is 4.80. The van der Waals surface area contributed by atoms with Gasteiger partial charge in [0, 0.05) is 19.2 Å². The molecular formula is C18H19F3N4O. The lowest BCUT2D eigenvalue weighted by Gasteiger charge is -2.26. The molecule has 0 saturated carbocycles. The summed E-state index contributed by atoms with van der Waals surface area (Å²) < 4.78 is 40.2. The van der Waals surface area contributed by atoms with Crippen molar-refractivity contribution in [2.45, 2.75) is 26.4 Å². The molecule has 0 fully saturated rings. The number of nitrogens with zero attached hydrogens (tertiary/aromatic N) is 3. The zero-order chi connectivity index (χ0) is 18.9. The third-order valence-electron chi connectivity index (χ3n) is 4.10. The Morgan fingerprint density at radius 3 is 2.69 bits per heavy atom. The predicted octanol–water partition coefficient (Wildman–Crippen LogP) is 4.38. The summed E-state index contributed by atoms with van der Waals surface area (Å²) in [5.41, 5.74) is 1.16. The molecule has 138 valence electrons. The zero-order valence-electron chi connectivity index (χ0n) is 14.5. The van der Waals surface area contributed by atoms with Crippen molar-refractivity contribution < 1.29 is 18.0 Å². The molecule has 1 aromatic carbocycles. The topological polar surface area (TPSA) is 50.2 Å². The standard InChI is InChI=1S/C18H19F3N4O/c1-12-5-4-8-24(11-12)17(26)22-16-9-13(2)23-25(16)15-7-3-6-14(10-15)18(19,20)21/h3,5-7,9-10H,4,8,11H2,1-2H3,(H,22,26). The summed E-state index contributed by atoms with van der Waals surface area (Å²) in [4.78, 5) is 14.2. The third kappa shape index (κ3) is 3.89. The number of carbonyl (C=O) groups is 1. The van der Waals surface area contributed by atoms with Crippen molar-refractivity contribution in [3.8, 4) is 5.69 Å². The lowest BCUT2D eigenvalue weighted by Crippen LogP contribution is -2.38. The Morgan fingerprint density at radius 1 is 1.23 bits per heavy atom. The molecule has 0 aliphatic carbocycles. The maximum Gasteiger partial charge on any atom is 0.416 e. The second-order valence-corrected chi connectivity index (χ2v) is 6.32. The van der Waals surface area contributed by atoms with Gasteiger partial charge in [-0.05, 0) is 38.5 Å². The molecule has 0 atom stereocenters. The summed E-state index contributed by atoms with van der Waals surface area (Å²) in [6, 6.07) is 6.18. The SMILES string of the molecule is CC1=CCCN(C(=O)Nc2cc(C)nn2-c2cccc(C(F)(F)F)c2)C1. The molecule has 2 aromatic rings. The number of aryl methyl sites for hydroxylation is 1. The lowest BCUT2D eigenvalue weighted by atomic mass is 10.1. The summed E-state index contributed by atoms with van der Waals surface area (Å²) in [7, 11) is 0. The number of halogens is 3. The highest BCUT2D eigenvalue weighted by molar-refractivity contribution is 5.89. The van der Waals surface area contributed by atoms with Gasteiger partial charge in [0.25, 0.3) is 0 Å². The Hall–Kier alpha value is -2.77. The van der Waals surface area contributed by atoms with E-state index in [9.17, 15) is 18.0 Å². The van der Waals surface area contributed by atoms with Gasteiger partial charge in [-0.2, -0.15) is 18.3 Å². The Bertz CT molecular complexity index is 854. The van der Waals surface area contributed by atoms with Gasteiger partial charge >= 0.3 is 12.2 Å². The largest absolute Gasteiger partial charge is 0.416 e. The van der Waals surface area contributed by atoms with Crippen LogP contribution in [0.4, 0.5) is 23.8 Å². The molecular weight excluding hydrogens is 345 g/mol. The highest BCUT2D eigenvalue weighted by Gasteiger charge is 2.30. The minimum atomic E-state index is -4.45. The average molecular weight is 364 g/mol. The Labute approximate surface area is 149 Å². The Balaban J connectivity index is 1.87. The minimum Gasteiger partial charge on any atom is -0.320 e. The van der Waals surface area contributed by atoms with Crippen molar-refractivity contribution in [1.29, 1.82) is 0 Å². The van der Waals surface area contributed by atoms with Crippen molar-refractivity contribution >= 4 is 11.8 Å². The summed E-state index contributed by atoms with van der Waals surface area (Å²) in [5, 5.41) is 6.98. The second-order valence-electron chi connectivity index (χ2n) is 6.32. The van der Waals surface area contributed by atoms with Crippen molar-refractivity contribution in [2.75, 3.05) is 18.4 Å². The summed E-state index contributed by atoms with van der Waals surface area (Å²) in [5.74, 6) is 0.332. The van der Waals surface area contributed by atoms with E-state index in [-0.39, 0.29) is 11.7 Å². The summed E-state index contributed by atoms with van der Waals surface area (Å²) in [6.07, 6.45) is -1.58. The monoisotopic (exact) mass is 364 g/mol. The number of rotatable bonds is 2. The van der Waals surface area contributed by atoms with Gasteiger partial charge in [0.05, 0.1) is 16.9 Å². The third-order valence-corrected chi connectivity index (χ3v) is 4.10. The molecule has 0 bridgehead atoms. The van der Waals surface area contributed by atoms with Crippen LogP contribution in [-0.2, 0) is 6.18 Å². The van der Waals surface area contributed by atoms with E-state index in [0.717, 1.165) is 24.1 Å². The first-order valence-corrected chi connectivity index (χ1v) is 8.20. The van der Waals surface area contributed by atoms with Crippen LogP contribution in [0.2, 0.25) is 0 Å². The van der Waals surface area contributed by atoms with Gasteiger partial charge in [-0.3, -0.25) is 5.32 Å². The van der Waals surface area contributed by atoms with E-state index in [1.54, 1.807) is 17.9 Å². The van der Waals surface area contributed by atoms with Gasteiger partial charge in [-0.25, -0.2) is 9.48 Å². The van der Waals surface area contributed by atoms with Crippen LogP contribution >= 0.6 is 0 Å². The van der Waals surface area contributed by atoms with Crippen LogP contribution in [-0.4, -0.2) is 33.8 Å². The van der Waals surface area contributed by atoms with Crippen molar-refractivity contribution in [2.24, 2.45) is 0 Å². The van der Waals surface area contributed by atoms with Crippen LogP contribution in [0.1, 0.15) is 24.6 Å². The number of hydrogen-bond donors (Lipinski definition) is 1. The molecule has 8 heteroatoms. The van der Waals surface area contributed by atoms with Crippen molar-refractivity contribution in [3.05, 3.63) is 53.2 Å². The van der Waals surface area contributed by atoms with Gasteiger partial charge < -0.3 is 4.90 Å². The van der Waals surface area contributed by atoms with E-state index in [4.69, 9.17) is 0 Å². The molecule has 26 heavy (non-hydrogen) atoms. The van der Waals surface area contributed by atoms with Crippen LogP contribution in [0, 0.1) is 6.92 Å². The van der Waals surface area contributed by atoms with E-state index in [2.05, 4.69) is 16.5 Å². The number of alkyl halides is 3. The molecule has 0 spiro atoms. The number of carbonyl (C=O) groups excluding carboxylic acids is 1. The molecule has 5 nitrogen and oxygen atoms in total. The number of anilines is 1. The van der Waals surface area contributed by atoms with E-state index in [1.807, 2.05) is 6.92 Å². The van der Waals surface area contributed by atoms with E-state index >= 15 is 0 Å². The van der Waals surface area contributed by atoms with Gasteiger partial charge in [0.2, 0.25) is 0 Å². The van der Waals surface area contributed by atoms with Crippen molar-refractivity contribution in [1.82, 2.24) is 14.7 Å². The van der Waals surface area contributed by atoms with Gasteiger partial charge in [0.15, 0.2) is 0 Å². The van der Waals surface area contributed by atoms with E-state index in [0.29, 0.717) is 24.6 Å². The van der Waals surface area contributed by atoms with Gasteiger partial charge in [-0.15, -0.1) is 0 Å². The number of nitrogens with one attached hydrogen (secondary N) is 1. The van der Waals surface area contributed by atoms with Crippen molar-refractivity contribution in [3.63, 3.8) is 0 Å². The fourth-order valence-corrected chi connectivity index (χ4v) is 2.87. The second kappa shape index (κ2) is 6.86. The zero-order valence-corrected chi connectivity index (χ0v) is 14.5. The van der Waals surface area contributed by atoms with Crippen LogP contribution in [0.25, 0.3) is 5.69 Å². The number of benzene rings is 1. The molecule has 0 unspecified atom stereocenters. The fourth-order valence-electron chi connectivity index (χ4n) is 2.87. The molecule has 0 saturated heterocycles. The van der Waals surface area contributed by atoms with E-state index in [1.165, 1.54) is 16.8 Å². The van der Waals surface area contributed by atoms with Gasteiger partial charge in [-0.1, -0.05) is 17.7 Å². The molecule has 1 aromatic heterocycles. The smallest absolute Gasteiger partial charge is 0.320 e. The predicted molar refractivity (Wildman–Crippen MR) is 92.3 cm³/mol. The van der Waals surface area contributed by atoms with Crippen LogP contribution < -0.4 is 5.32 Å². The van der Waals surface area contributed by atoms with Gasteiger partial charge in [0.1, 0.15) is 5.82 Å². The minimum absolute atomic E-state index is 0.234. The first kappa shape index (κ1) is 18.0. The number of amides is 2. The normalized spacial score (nSPS) is 15.0. The molecule has 1 aliphatic rings. The maximum absolute atomic E-state index is 13.0. The molecule has 3 rings (SSSR count). The van der Waals surface area contributed by atoms with E-state index < -0.39 is 11.7 Å². The molecule has 1 N–H and O–H groups in total. The Kier molecular flexibility index (Phi) is 4.76. The number of hydrogen-bond acceptors (Lipinski definition) is 2. The molecule has 0 radical (unpaired) electrons. The molecule has 2 amide bonds. The molecule has 2 heterocycles. The number of urea groups is 1. The highest BCUT2D eigenvalue weighted by atomic mass is 19.4. The highest BCUT2D eigenvalue weighted by Crippen LogP contribution is 2.31.